The summed E-state index contributed by atoms with van der Waals surface area (Å²) < 4.78 is 16.4. The molecule has 0 saturated heterocycles. The third-order valence-electron chi connectivity index (χ3n) is 6.40. The normalized spacial score (nSPS) is 14.3. The molecule has 0 aromatic heterocycles. The maximum Gasteiger partial charge on any atom is 0.306 e. The summed E-state index contributed by atoms with van der Waals surface area (Å²) in [5.74, 6) is -2.67. The van der Waals surface area contributed by atoms with Crippen LogP contribution in [-0.2, 0) is 9.53 Å². The van der Waals surface area contributed by atoms with Crippen LogP contribution in [0, 0.1) is 6.92 Å². The van der Waals surface area contributed by atoms with Gasteiger partial charge in [-0.15, -0.1) is 0 Å². The molecule has 2 aromatic carbocycles. The van der Waals surface area contributed by atoms with Gasteiger partial charge in [-0.3, -0.25) is 9.59 Å². The molecule has 8 heteroatoms. The Kier molecular flexibility index (Phi) is 8.48. The molecule has 0 saturated carbocycles. The number of aryl methyl sites for hydroxylation is 1. The maximum atomic E-state index is 13.5. The van der Waals surface area contributed by atoms with Crippen molar-refractivity contribution < 1.29 is 39.1 Å². The molecule has 35 heavy (non-hydrogen) atoms. The lowest BCUT2D eigenvalue weighted by Crippen LogP contribution is -2.25. The fourth-order valence-corrected chi connectivity index (χ4v) is 4.57. The minimum absolute atomic E-state index is 0.0141. The summed E-state index contributed by atoms with van der Waals surface area (Å²) >= 11 is 0. The number of hydrogen-bond acceptors (Lipinski definition) is 8. The minimum atomic E-state index is -1.07. The van der Waals surface area contributed by atoms with Crippen molar-refractivity contribution in [1.82, 2.24) is 0 Å². The van der Waals surface area contributed by atoms with Gasteiger partial charge in [0.15, 0.2) is 29.1 Å². The number of phenols is 3. The largest absolute Gasteiger partial charge is 0.504 e. The van der Waals surface area contributed by atoms with Crippen LogP contribution < -0.4 is 9.47 Å². The van der Waals surface area contributed by atoms with Gasteiger partial charge in [-0.05, 0) is 31.0 Å². The van der Waals surface area contributed by atoms with Gasteiger partial charge in [0.1, 0.15) is 0 Å². The average Bonchev–Trinajstić information content (AvgIpc) is 2.83. The van der Waals surface area contributed by atoms with Crippen LogP contribution in [0.3, 0.4) is 0 Å². The molecule has 190 valence electrons. The van der Waals surface area contributed by atoms with Crippen LogP contribution in [-0.4, -0.2) is 41.3 Å². The number of carbonyl (C=O) groups excluding carboxylic acids is 2. The van der Waals surface area contributed by atoms with Crippen molar-refractivity contribution in [3.8, 4) is 28.7 Å². The maximum absolute atomic E-state index is 13.5. The first kappa shape index (κ1) is 26.2. The second-order valence-corrected chi connectivity index (χ2v) is 8.85. The van der Waals surface area contributed by atoms with Gasteiger partial charge in [0, 0.05) is 17.5 Å². The van der Waals surface area contributed by atoms with Gasteiger partial charge in [0.2, 0.25) is 11.5 Å². The molecular formula is C27H34O8. The van der Waals surface area contributed by atoms with Gasteiger partial charge in [0.05, 0.1) is 25.3 Å². The molecule has 8 nitrogen and oxygen atoms in total. The Balaban J connectivity index is 1.97. The Morgan fingerprint density at radius 1 is 0.857 bits per heavy atom. The van der Waals surface area contributed by atoms with Crippen LogP contribution in [0.4, 0.5) is 0 Å². The van der Waals surface area contributed by atoms with Crippen LogP contribution in [0.25, 0.3) is 0 Å². The molecule has 3 rings (SSSR count). The number of unbranched alkanes of at least 4 members (excludes halogenated alkanes) is 6. The highest BCUT2D eigenvalue weighted by Gasteiger charge is 2.41. The van der Waals surface area contributed by atoms with E-state index in [4.69, 9.17) is 14.2 Å². The number of aromatic hydroxyl groups is 3. The molecule has 1 aliphatic rings. The lowest BCUT2D eigenvalue weighted by atomic mass is 9.80. The van der Waals surface area contributed by atoms with Crippen LogP contribution in [0.5, 0.6) is 28.7 Å². The highest BCUT2D eigenvalue weighted by atomic mass is 16.5. The highest BCUT2D eigenvalue weighted by molar-refractivity contribution is 6.17. The minimum Gasteiger partial charge on any atom is -0.504 e. The first-order valence-corrected chi connectivity index (χ1v) is 12.0. The summed E-state index contributed by atoms with van der Waals surface area (Å²) in [6.45, 7) is 3.81. The molecule has 1 atom stereocenters. The molecular weight excluding hydrogens is 452 g/mol. The van der Waals surface area contributed by atoms with Crippen molar-refractivity contribution in [3.63, 3.8) is 0 Å². The number of ketones is 1. The Labute approximate surface area is 205 Å². The zero-order valence-corrected chi connectivity index (χ0v) is 20.8. The van der Waals surface area contributed by atoms with Crippen LogP contribution >= 0.6 is 0 Å². The van der Waals surface area contributed by atoms with Gasteiger partial charge in [-0.25, -0.2) is 0 Å². The lowest BCUT2D eigenvalue weighted by Gasteiger charge is -2.30. The SMILES string of the molecule is CCCCCCCCCC(=O)OC1c2cc(C)c(O)c(OC)c2C(=O)c2c1cc(O)c(O)c2OC. The number of fused-ring (bicyclic) bond motifs is 2. The number of esters is 1. The zero-order chi connectivity index (χ0) is 25.7. The second kappa shape index (κ2) is 11.3. The number of methoxy groups -OCH3 is 2. The number of benzene rings is 2. The molecule has 0 amide bonds. The van der Waals surface area contributed by atoms with E-state index in [9.17, 15) is 24.9 Å². The Morgan fingerprint density at radius 2 is 1.40 bits per heavy atom. The van der Waals surface area contributed by atoms with Crippen molar-refractivity contribution in [3.05, 3.63) is 39.9 Å². The Morgan fingerprint density at radius 3 is 2.00 bits per heavy atom. The third kappa shape index (κ3) is 5.16. The lowest BCUT2D eigenvalue weighted by molar-refractivity contribution is -0.147. The van der Waals surface area contributed by atoms with Crippen molar-refractivity contribution in [1.29, 1.82) is 0 Å². The zero-order valence-electron chi connectivity index (χ0n) is 20.8. The van der Waals surface area contributed by atoms with E-state index >= 15 is 0 Å². The van der Waals surface area contributed by atoms with Crippen molar-refractivity contribution in [2.75, 3.05) is 14.2 Å². The van der Waals surface area contributed by atoms with Crippen LogP contribution in [0.1, 0.15) is 97.0 Å². The van der Waals surface area contributed by atoms with E-state index in [1.165, 1.54) is 39.5 Å². The summed E-state index contributed by atoms with van der Waals surface area (Å²) in [7, 11) is 2.58. The molecule has 0 spiro atoms. The topological polar surface area (TPSA) is 123 Å². The monoisotopic (exact) mass is 486 g/mol. The van der Waals surface area contributed by atoms with E-state index in [1.807, 2.05) is 0 Å². The molecule has 0 heterocycles. The van der Waals surface area contributed by atoms with Crippen molar-refractivity contribution in [2.24, 2.45) is 0 Å². The van der Waals surface area contributed by atoms with E-state index in [0.717, 1.165) is 19.3 Å². The fourth-order valence-electron chi connectivity index (χ4n) is 4.57. The van der Waals surface area contributed by atoms with Crippen molar-refractivity contribution in [2.45, 2.75) is 71.3 Å². The molecule has 0 fully saturated rings. The Hall–Kier alpha value is -3.42. The Bertz CT molecular complexity index is 1040. The van der Waals surface area contributed by atoms with E-state index < -0.39 is 29.4 Å². The smallest absolute Gasteiger partial charge is 0.306 e. The summed E-state index contributed by atoms with van der Waals surface area (Å²) in [4.78, 5) is 26.4. The molecule has 2 aromatic rings. The van der Waals surface area contributed by atoms with Crippen molar-refractivity contribution >= 4 is 11.8 Å². The molecule has 0 aliphatic heterocycles. The van der Waals surface area contributed by atoms with E-state index in [0.29, 0.717) is 17.5 Å². The fraction of sp³-hybridized carbons (Fsp3) is 0.481. The highest BCUT2D eigenvalue weighted by Crippen LogP contribution is 2.52. The van der Waals surface area contributed by atoms with Gasteiger partial charge in [-0.2, -0.15) is 0 Å². The van der Waals surface area contributed by atoms with E-state index in [2.05, 4.69) is 6.92 Å². The molecule has 3 N–H and O–H groups in total. The first-order valence-electron chi connectivity index (χ1n) is 12.0. The third-order valence-corrected chi connectivity index (χ3v) is 6.40. The van der Waals surface area contributed by atoms with E-state index in [1.54, 1.807) is 13.0 Å². The number of phenolic OH excluding ortho intramolecular Hbond substituents is 3. The molecule has 0 bridgehead atoms. The molecule has 1 aliphatic carbocycles. The summed E-state index contributed by atoms with van der Waals surface area (Å²) in [6.07, 6.45) is 6.51. The molecule has 0 radical (unpaired) electrons. The number of rotatable bonds is 11. The quantitative estimate of drug-likeness (QED) is 0.218. The predicted molar refractivity (Wildman–Crippen MR) is 130 cm³/mol. The number of carbonyl (C=O) groups is 2. The number of hydrogen-bond donors (Lipinski definition) is 3. The summed E-state index contributed by atoms with van der Waals surface area (Å²) in [5, 5.41) is 31.1. The first-order chi connectivity index (χ1) is 16.8. The van der Waals surface area contributed by atoms with E-state index in [-0.39, 0.29) is 40.4 Å². The summed E-state index contributed by atoms with van der Waals surface area (Å²) in [5.41, 5.74) is 0.898. The predicted octanol–water partition coefficient (Wildman–Crippen LogP) is 5.45. The van der Waals surface area contributed by atoms with Crippen LogP contribution in [0.2, 0.25) is 0 Å². The second-order valence-electron chi connectivity index (χ2n) is 8.85. The standard InChI is InChI=1S/C27H34O8/c1-5-6-7-8-9-10-11-12-19(29)35-25-16-13-15(2)22(30)26(33-3)20(16)24(32)21-17(25)14-18(28)23(31)27(21)34-4/h13-14,25,28,30-31H,5-12H2,1-4H3. The van der Waals surface area contributed by atoms with Gasteiger partial charge in [0.25, 0.3) is 0 Å². The van der Waals surface area contributed by atoms with Gasteiger partial charge < -0.3 is 29.5 Å². The van der Waals surface area contributed by atoms with Crippen LogP contribution in [0.15, 0.2) is 12.1 Å². The average molecular weight is 487 g/mol. The number of ether oxygens (including phenoxy) is 3. The molecule has 1 unspecified atom stereocenters. The summed E-state index contributed by atoms with van der Waals surface area (Å²) in [6, 6.07) is 2.77. The van der Waals surface area contributed by atoms with Gasteiger partial charge >= 0.3 is 5.97 Å². The van der Waals surface area contributed by atoms with Gasteiger partial charge in [-0.1, -0.05) is 45.4 Å².